The van der Waals surface area contributed by atoms with Crippen molar-refractivity contribution in [2.45, 2.75) is 37.6 Å². The van der Waals surface area contributed by atoms with Crippen LogP contribution in [0.2, 0.25) is 0 Å². The van der Waals surface area contributed by atoms with E-state index in [0.717, 1.165) is 5.82 Å². The lowest BCUT2D eigenvalue weighted by Crippen LogP contribution is -2.14. The predicted octanol–water partition coefficient (Wildman–Crippen LogP) is 1.91. The van der Waals surface area contributed by atoms with Crippen LogP contribution in [-0.2, 0) is 22.0 Å². The summed E-state index contributed by atoms with van der Waals surface area (Å²) in [7, 11) is -3.82. The third kappa shape index (κ3) is 3.62. The zero-order valence-electron chi connectivity index (χ0n) is 14.2. The highest BCUT2D eigenvalue weighted by molar-refractivity contribution is 7.89. The number of rotatable bonds is 4. The first-order valence-corrected chi connectivity index (χ1v) is 9.27. The first-order chi connectivity index (χ1) is 11.7. The van der Waals surface area contributed by atoms with Gasteiger partial charge in [-0.15, -0.1) is 0 Å². The molecule has 0 amide bonds. The maximum absolute atomic E-state index is 11.7. The van der Waals surface area contributed by atoms with Crippen LogP contribution in [0.15, 0.2) is 35.4 Å². The molecule has 9 heteroatoms. The Morgan fingerprint density at radius 2 is 2.00 bits per heavy atom. The molecule has 0 fully saturated rings. The number of nitrogens with two attached hydrogens (primary N) is 1. The number of aromatic amines is 1. The van der Waals surface area contributed by atoms with E-state index in [9.17, 15) is 8.42 Å². The van der Waals surface area contributed by atoms with Gasteiger partial charge in [-0.1, -0.05) is 20.8 Å². The average Bonchev–Trinajstić information content (AvgIpc) is 3.00. The van der Waals surface area contributed by atoms with Crippen LogP contribution in [0.3, 0.4) is 0 Å². The van der Waals surface area contributed by atoms with Gasteiger partial charge in [0, 0.05) is 17.0 Å². The molecule has 0 atom stereocenters. The number of benzene rings is 1. The molecule has 0 radical (unpaired) electrons. The number of sulfonamides is 1. The van der Waals surface area contributed by atoms with Crippen LogP contribution in [0.1, 0.15) is 32.4 Å². The van der Waals surface area contributed by atoms with Crippen molar-refractivity contribution in [3.63, 3.8) is 0 Å². The number of nitrogens with one attached hydrogen (secondary N) is 2. The lowest BCUT2D eigenvalue weighted by molar-refractivity contribution is 0.548. The van der Waals surface area contributed by atoms with Crippen LogP contribution < -0.4 is 10.5 Å². The van der Waals surface area contributed by atoms with Gasteiger partial charge < -0.3 is 5.32 Å². The molecular formula is C16H20N6O2S. The molecule has 3 aromatic rings. The Morgan fingerprint density at radius 1 is 1.24 bits per heavy atom. The number of hydrogen-bond donors (Lipinski definition) is 3. The van der Waals surface area contributed by atoms with Crippen molar-refractivity contribution >= 4 is 26.6 Å². The van der Waals surface area contributed by atoms with Crippen molar-refractivity contribution in [1.29, 1.82) is 0 Å². The molecule has 0 aliphatic carbocycles. The minimum atomic E-state index is -3.82. The standard InChI is InChI=1S/C16H20N6O2S/c1-16(2,3)15-20-13(21-22-15)9-19-11-6-7-12(25(17,23)24)10-5-4-8-18-14(10)11/h4-8,19H,9H2,1-3H3,(H2,17,23,24)(H,20,21,22). The predicted molar refractivity (Wildman–Crippen MR) is 95.5 cm³/mol. The Hall–Kier alpha value is -2.52. The summed E-state index contributed by atoms with van der Waals surface area (Å²) >= 11 is 0. The Labute approximate surface area is 145 Å². The number of aromatic nitrogens is 4. The van der Waals surface area contributed by atoms with E-state index in [4.69, 9.17) is 5.14 Å². The number of hydrogen-bond acceptors (Lipinski definition) is 6. The van der Waals surface area contributed by atoms with Crippen molar-refractivity contribution in [3.05, 3.63) is 42.1 Å². The summed E-state index contributed by atoms with van der Waals surface area (Å²) < 4.78 is 23.5. The molecule has 0 spiro atoms. The van der Waals surface area contributed by atoms with Gasteiger partial charge in [0.1, 0.15) is 5.82 Å². The van der Waals surface area contributed by atoms with Gasteiger partial charge in [0.25, 0.3) is 0 Å². The first kappa shape index (κ1) is 17.3. The summed E-state index contributed by atoms with van der Waals surface area (Å²) in [5, 5.41) is 16.1. The fourth-order valence-corrected chi connectivity index (χ4v) is 3.15. The van der Waals surface area contributed by atoms with Crippen LogP contribution in [0.5, 0.6) is 0 Å². The van der Waals surface area contributed by atoms with E-state index in [2.05, 4.69) is 25.5 Å². The molecule has 25 heavy (non-hydrogen) atoms. The molecule has 8 nitrogen and oxygen atoms in total. The van der Waals surface area contributed by atoms with Gasteiger partial charge in [-0.2, -0.15) is 5.10 Å². The van der Waals surface area contributed by atoms with Gasteiger partial charge in [0.2, 0.25) is 10.0 Å². The largest absolute Gasteiger partial charge is 0.376 e. The molecular weight excluding hydrogens is 340 g/mol. The van der Waals surface area contributed by atoms with Gasteiger partial charge in [0.05, 0.1) is 22.6 Å². The van der Waals surface area contributed by atoms with Gasteiger partial charge in [-0.25, -0.2) is 18.5 Å². The van der Waals surface area contributed by atoms with Crippen LogP contribution >= 0.6 is 0 Å². The molecule has 0 saturated carbocycles. The number of fused-ring (bicyclic) bond motifs is 1. The molecule has 0 unspecified atom stereocenters. The molecule has 0 aliphatic heterocycles. The number of pyridine rings is 1. The normalized spacial score (nSPS) is 12.5. The number of nitrogens with zero attached hydrogens (tertiary/aromatic N) is 3. The molecule has 4 N–H and O–H groups in total. The van der Waals surface area contributed by atoms with E-state index in [1.54, 1.807) is 24.4 Å². The second-order valence-electron chi connectivity index (χ2n) is 6.77. The second kappa shape index (κ2) is 6.08. The quantitative estimate of drug-likeness (QED) is 0.652. The summed E-state index contributed by atoms with van der Waals surface area (Å²) in [6, 6.07) is 6.48. The van der Waals surface area contributed by atoms with E-state index in [1.165, 1.54) is 6.07 Å². The Kier molecular flexibility index (Phi) is 4.21. The van der Waals surface area contributed by atoms with Crippen LogP contribution in [-0.4, -0.2) is 28.6 Å². The average molecular weight is 360 g/mol. The Morgan fingerprint density at radius 3 is 2.64 bits per heavy atom. The summed E-state index contributed by atoms with van der Waals surface area (Å²) in [5.41, 5.74) is 1.08. The van der Waals surface area contributed by atoms with E-state index >= 15 is 0 Å². The second-order valence-corrected chi connectivity index (χ2v) is 8.29. The van der Waals surface area contributed by atoms with Gasteiger partial charge >= 0.3 is 0 Å². The van der Waals surface area contributed by atoms with Crippen molar-refractivity contribution < 1.29 is 8.42 Å². The van der Waals surface area contributed by atoms with Gasteiger partial charge in [-0.05, 0) is 24.3 Å². The molecule has 132 valence electrons. The molecule has 1 aromatic carbocycles. The highest BCUT2D eigenvalue weighted by atomic mass is 32.2. The number of anilines is 1. The van der Waals surface area contributed by atoms with Crippen molar-refractivity contribution in [1.82, 2.24) is 20.2 Å². The maximum atomic E-state index is 11.7. The van der Waals surface area contributed by atoms with Gasteiger partial charge in [-0.3, -0.25) is 10.1 Å². The molecule has 0 bridgehead atoms. The summed E-state index contributed by atoms with van der Waals surface area (Å²) in [5.74, 6) is 1.42. The van der Waals surface area contributed by atoms with Crippen molar-refractivity contribution in [2.24, 2.45) is 5.14 Å². The minimum Gasteiger partial charge on any atom is -0.376 e. The topological polar surface area (TPSA) is 127 Å². The third-order valence-electron chi connectivity index (χ3n) is 3.69. The zero-order chi connectivity index (χ0) is 18.2. The smallest absolute Gasteiger partial charge is 0.238 e. The van der Waals surface area contributed by atoms with Crippen molar-refractivity contribution in [2.75, 3.05) is 5.32 Å². The summed E-state index contributed by atoms with van der Waals surface area (Å²) in [4.78, 5) is 8.80. The van der Waals surface area contributed by atoms with Crippen LogP contribution in [0.4, 0.5) is 5.69 Å². The van der Waals surface area contributed by atoms with E-state index in [-0.39, 0.29) is 10.3 Å². The highest BCUT2D eigenvalue weighted by Crippen LogP contribution is 2.27. The molecule has 0 saturated heterocycles. The zero-order valence-corrected chi connectivity index (χ0v) is 15.1. The van der Waals surface area contributed by atoms with Crippen molar-refractivity contribution in [3.8, 4) is 0 Å². The first-order valence-electron chi connectivity index (χ1n) is 7.72. The lowest BCUT2D eigenvalue weighted by Gasteiger charge is -2.12. The lowest BCUT2D eigenvalue weighted by atomic mass is 9.96. The summed E-state index contributed by atoms with van der Waals surface area (Å²) in [6.07, 6.45) is 1.60. The minimum absolute atomic E-state index is 0.0517. The fraction of sp³-hybridized carbons (Fsp3) is 0.312. The van der Waals surface area contributed by atoms with Crippen LogP contribution in [0, 0.1) is 0 Å². The molecule has 2 aromatic heterocycles. The molecule has 0 aliphatic rings. The SMILES string of the molecule is CC(C)(C)c1n[nH]c(CNc2ccc(S(N)(=O)=O)c3cccnc23)n1. The third-order valence-corrected chi connectivity index (χ3v) is 4.65. The van der Waals surface area contributed by atoms with E-state index in [1.807, 2.05) is 20.8 Å². The molecule has 3 rings (SSSR count). The maximum Gasteiger partial charge on any atom is 0.238 e. The Bertz CT molecular complexity index is 1020. The monoisotopic (exact) mass is 360 g/mol. The summed E-state index contributed by atoms with van der Waals surface area (Å²) in [6.45, 7) is 6.52. The number of primary sulfonamides is 1. The fourth-order valence-electron chi connectivity index (χ4n) is 2.43. The van der Waals surface area contributed by atoms with E-state index < -0.39 is 10.0 Å². The Balaban J connectivity index is 1.91. The van der Waals surface area contributed by atoms with E-state index in [0.29, 0.717) is 29.0 Å². The molecule has 2 heterocycles. The van der Waals surface area contributed by atoms with Crippen LogP contribution in [0.25, 0.3) is 10.9 Å². The van der Waals surface area contributed by atoms with Gasteiger partial charge in [0.15, 0.2) is 5.82 Å². The highest BCUT2D eigenvalue weighted by Gasteiger charge is 2.19. The number of H-pyrrole nitrogens is 1.